The van der Waals surface area contributed by atoms with Crippen LogP contribution in [0.25, 0.3) is 20.4 Å². The Morgan fingerprint density at radius 2 is 2.09 bits per heavy atom. The smallest absolute Gasteiger partial charge is 0.161 e. The van der Waals surface area contributed by atoms with Gasteiger partial charge in [0.1, 0.15) is 11.2 Å². The van der Waals surface area contributed by atoms with E-state index in [4.69, 9.17) is 10.8 Å². The SMILES string of the molecule is CC(C)Cc1nc2sc3c(NN)ncnc3c2c2c1CCC2. The van der Waals surface area contributed by atoms with Crippen LogP contribution in [0.3, 0.4) is 0 Å². The Morgan fingerprint density at radius 3 is 2.86 bits per heavy atom. The van der Waals surface area contributed by atoms with Crippen LogP contribution in [0, 0.1) is 5.92 Å². The van der Waals surface area contributed by atoms with Crippen molar-refractivity contribution in [1.29, 1.82) is 0 Å². The molecule has 0 atom stereocenters. The molecule has 0 bridgehead atoms. The fourth-order valence-corrected chi connectivity index (χ4v) is 4.57. The van der Waals surface area contributed by atoms with Crippen molar-refractivity contribution in [3.8, 4) is 0 Å². The van der Waals surface area contributed by atoms with E-state index in [0.29, 0.717) is 11.7 Å². The van der Waals surface area contributed by atoms with Gasteiger partial charge >= 0.3 is 0 Å². The van der Waals surface area contributed by atoms with Crippen molar-refractivity contribution in [3.63, 3.8) is 0 Å². The summed E-state index contributed by atoms with van der Waals surface area (Å²) in [5.41, 5.74) is 7.85. The summed E-state index contributed by atoms with van der Waals surface area (Å²) in [5.74, 6) is 6.89. The molecule has 0 saturated heterocycles. The van der Waals surface area contributed by atoms with Gasteiger partial charge in [-0.1, -0.05) is 13.8 Å². The summed E-state index contributed by atoms with van der Waals surface area (Å²) in [4.78, 5) is 14.8. The van der Waals surface area contributed by atoms with Gasteiger partial charge in [0.05, 0.1) is 10.2 Å². The zero-order chi connectivity index (χ0) is 15.3. The number of thiophene rings is 1. The fourth-order valence-electron chi connectivity index (χ4n) is 3.43. The second-order valence-electron chi connectivity index (χ2n) is 6.29. The first-order chi connectivity index (χ1) is 10.7. The van der Waals surface area contributed by atoms with E-state index >= 15 is 0 Å². The van der Waals surface area contributed by atoms with Crippen LogP contribution in [-0.2, 0) is 19.3 Å². The van der Waals surface area contributed by atoms with Crippen LogP contribution in [0.5, 0.6) is 0 Å². The molecule has 3 aromatic heterocycles. The number of nitrogens with two attached hydrogens (primary N) is 1. The Kier molecular flexibility index (Phi) is 3.23. The first-order valence-corrected chi connectivity index (χ1v) is 8.55. The second kappa shape index (κ2) is 5.14. The summed E-state index contributed by atoms with van der Waals surface area (Å²) in [6, 6.07) is 0. The number of aromatic nitrogens is 3. The number of hydrogen-bond acceptors (Lipinski definition) is 6. The van der Waals surface area contributed by atoms with Gasteiger partial charge in [0.25, 0.3) is 0 Å². The van der Waals surface area contributed by atoms with E-state index in [1.165, 1.54) is 28.6 Å². The molecule has 5 nitrogen and oxygen atoms in total. The molecule has 3 aromatic rings. The standard InChI is InChI=1S/C16H19N5S/c1-8(2)6-11-9-4-3-5-10(9)12-13-14(22-16(12)20-11)15(21-17)19-7-18-13/h7-8H,3-6,17H2,1-2H3,(H,18,19,21). The lowest BCUT2D eigenvalue weighted by Crippen LogP contribution is -2.08. The first-order valence-electron chi connectivity index (χ1n) is 7.73. The van der Waals surface area contributed by atoms with Gasteiger partial charge in [0, 0.05) is 11.1 Å². The third-order valence-electron chi connectivity index (χ3n) is 4.30. The highest BCUT2D eigenvalue weighted by Gasteiger charge is 2.24. The van der Waals surface area contributed by atoms with E-state index in [2.05, 4.69) is 29.2 Å². The van der Waals surface area contributed by atoms with E-state index in [9.17, 15) is 0 Å². The predicted octanol–water partition coefficient (Wildman–Crippen LogP) is 3.21. The topological polar surface area (TPSA) is 76.7 Å². The van der Waals surface area contributed by atoms with Crippen molar-refractivity contribution in [3.05, 3.63) is 23.1 Å². The summed E-state index contributed by atoms with van der Waals surface area (Å²) in [6.45, 7) is 4.50. The summed E-state index contributed by atoms with van der Waals surface area (Å²) < 4.78 is 1.00. The zero-order valence-corrected chi connectivity index (χ0v) is 13.6. The Bertz CT molecular complexity index is 868. The van der Waals surface area contributed by atoms with Gasteiger partial charge in [-0.2, -0.15) is 0 Å². The Morgan fingerprint density at radius 1 is 1.27 bits per heavy atom. The molecule has 0 amide bonds. The highest BCUT2D eigenvalue weighted by molar-refractivity contribution is 7.26. The van der Waals surface area contributed by atoms with E-state index in [1.807, 2.05) is 0 Å². The number of nitrogens with zero attached hydrogens (tertiary/aromatic N) is 3. The van der Waals surface area contributed by atoms with Crippen LogP contribution in [0.1, 0.15) is 37.1 Å². The van der Waals surface area contributed by atoms with Gasteiger partial charge in [-0.3, -0.25) is 0 Å². The van der Waals surface area contributed by atoms with Crippen LogP contribution in [-0.4, -0.2) is 15.0 Å². The van der Waals surface area contributed by atoms with Crippen molar-refractivity contribution in [2.75, 3.05) is 5.43 Å². The molecular weight excluding hydrogens is 294 g/mol. The average molecular weight is 313 g/mol. The Labute approximate surface area is 133 Å². The van der Waals surface area contributed by atoms with Gasteiger partial charge in [0.2, 0.25) is 0 Å². The molecule has 3 heterocycles. The van der Waals surface area contributed by atoms with Crippen LogP contribution in [0.2, 0.25) is 0 Å². The lowest BCUT2D eigenvalue weighted by Gasteiger charge is -2.11. The van der Waals surface area contributed by atoms with E-state index < -0.39 is 0 Å². The number of pyridine rings is 1. The molecule has 114 valence electrons. The molecule has 0 unspecified atom stereocenters. The summed E-state index contributed by atoms with van der Waals surface area (Å²) in [7, 11) is 0. The van der Waals surface area contributed by atoms with Crippen molar-refractivity contribution in [1.82, 2.24) is 15.0 Å². The molecule has 0 radical (unpaired) electrons. The van der Waals surface area contributed by atoms with Crippen molar-refractivity contribution in [2.24, 2.45) is 11.8 Å². The molecule has 0 saturated carbocycles. The van der Waals surface area contributed by atoms with E-state index in [1.54, 1.807) is 17.7 Å². The summed E-state index contributed by atoms with van der Waals surface area (Å²) in [5, 5.41) is 1.22. The van der Waals surface area contributed by atoms with Gasteiger partial charge in [-0.05, 0) is 42.7 Å². The normalized spacial score (nSPS) is 14.2. The second-order valence-corrected chi connectivity index (χ2v) is 7.29. The molecular formula is C16H19N5S. The quantitative estimate of drug-likeness (QED) is 0.573. The molecule has 0 spiro atoms. The number of aryl methyl sites for hydroxylation is 1. The fraction of sp³-hybridized carbons (Fsp3) is 0.438. The lowest BCUT2D eigenvalue weighted by molar-refractivity contribution is 0.632. The van der Waals surface area contributed by atoms with Gasteiger partial charge < -0.3 is 5.43 Å². The van der Waals surface area contributed by atoms with E-state index in [0.717, 1.165) is 34.3 Å². The number of nitrogen functional groups attached to an aromatic ring is 1. The maximum atomic E-state index is 5.59. The molecule has 3 N–H and O–H groups in total. The number of nitrogens with one attached hydrogen (secondary N) is 1. The molecule has 1 aliphatic rings. The maximum absolute atomic E-state index is 5.59. The van der Waals surface area contributed by atoms with Crippen molar-refractivity contribution in [2.45, 2.75) is 39.5 Å². The minimum Gasteiger partial charge on any atom is -0.307 e. The molecule has 0 aliphatic heterocycles. The van der Waals surface area contributed by atoms with Crippen LogP contribution < -0.4 is 11.3 Å². The van der Waals surface area contributed by atoms with Gasteiger partial charge in [-0.15, -0.1) is 11.3 Å². The minimum absolute atomic E-state index is 0.616. The van der Waals surface area contributed by atoms with Crippen molar-refractivity contribution >= 4 is 37.6 Å². The minimum atomic E-state index is 0.616. The number of hydrogen-bond donors (Lipinski definition) is 2. The highest BCUT2D eigenvalue weighted by Crippen LogP contribution is 2.41. The van der Waals surface area contributed by atoms with Crippen molar-refractivity contribution < 1.29 is 0 Å². The Hall–Kier alpha value is -1.79. The molecule has 0 aromatic carbocycles. The molecule has 1 aliphatic carbocycles. The summed E-state index contributed by atoms with van der Waals surface area (Å²) in [6.07, 6.45) is 6.10. The maximum Gasteiger partial charge on any atom is 0.161 e. The van der Waals surface area contributed by atoms with Crippen LogP contribution in [0.4, 0.5) is 5.82 Å². The molecule has 4 rings (SSSR count). The number of hydrazine groups is 1. The molecule has 22 heavy (non-hydrogen) atoms. The third-order valence-corrected chi connectivity index (χ3v) is 5.38. The van der Waals surface area contributed by atoms with Gasteiger partial charge in [-0.25, -0.2) is 20.8 Å². The monoisotopic (exact) mass is 313 g/mol. The average Bonchev–Trinajstić information content (AvgIpc) is 3.09. The summed E-state index contributed by atoms with van der Waals surface area (Å²) >= 11 is 1.64. The molecule has 0 fully saturated rings. The predicted molar refractivity (Wildman–Crippen MR) is 91.1 cm³/mol. The van der Waals surface area contributed by atoms with Gasteiger partial charge in [0.15, 0.2) is 5.82 Å². The van der Waals surface area contributed by atoms with E-state index in [-0.39, 0.29) is 0 Å². The molecule has 6 heteroatoms. The zero-order valence-electron chi connectivity index (χ0n) is 12.8. The lowest BCUT2D eigenvalue weighted by atomic mass is 9.99. The largest absolute Gasteiger partial charge is 0.307 e. The third kappa shape index (κ3) is 1.98. The Balaban J connectivity index is 2.07. The number of anilines is 1. The first kappa shape index (κ1) is 13.8. The number of rotatable bonds is 3. The highest BCUT2D eigenvalue weighted by atomic mass is 32.1. The van der Waals surface area contributed by atoms with Crippen LogP contribution >= 0.6 is 11.3 Å². The number of fused-ring (bicyclic) bond motifs is 5. The van der Waals surface area contributed by atoms with Crippen LogP contribution in [0.15, 0.2) is 6.33 Å².